The van der Waals surface area contributed by atoms with Crippen molar-refractivity contribution < 1.29 is 14.3 Å². The van der Waals surface area contributed by atoms with Crippen LogP contribution in [-0.4, -0.2) is 18.6 Å². The number of rotatable bonds is 3. The number of carbonyl (C=O) groups is 1. The molecule has 1 aromatic rings. The van der Waals surface area contributed by atoms with Crippen molar-refractivity contribution in [3.8, 4) is 11.5 Å². The molecule has 2 rings (SSSR count). The van der Waals surface area contributed by atoms with Gasteiger partial charge in [0.1, 0.15) is 5.88 Å². The molecule has 1 amide bonds. The second-order valence-corrected chi connectivity index (χ2v) is 3.80. The van der Waals surface area contributed by atoms with E-state index >= 15 is 0 Å². The Labute approximate surface area is 98.5 Å². The molecule has 0 saturated heterocycles. The van der Waals surface area contributed by atoms with Crippen molar-refractivity contribution in [1.29, 1.82) is 0 Å². The number of hydrogen-bond acceptors (Lipinski definition) is 3. The Hall–Kier alpha value is -1.42. The van der Waals surface area contributed by atoms with Gasteiger partial charge < -0.3 is 14.8 Å². The number of halogens is 1. The van der Waals surface area contributed by atoms with Gasteiger partial charge in [-0.1, -0.05) is 6.07 Å². The summed E-state index contributed by atoms with van der Waals surface area (Å²) in [7, 11) is 0. The second-order valence-electron chi connectivity index (χ2n) is 3.54. The van der Waals surface area contributed by atoms with Crippen LogP contribution in [0.1, 0.15) is 18.5 Å². The van der Waals surface area contributed by atoms with Gasteiger partial charge in [-0.15, -0.1) is 11.6 Å². The van der Waals surface area contributed by atoms with Crippen molar-refractivity contribution in [1.82, 2.24) is 5.32 Å². The number of benzene rings is 1. The number of alkyl halides is 1. The van der Waals surface area contributed by atoms with Crippen LogP contribution >= 0.6 is 11.6 Å². The van der Waals surface area contributed by atoms with E-state index < -0.39 is 0 Å². The third kappa shape index (κ3) is 2.22. The molecule has 0 saturated carbocycles. The van der Waals surface area contributed by atoms with Crippen LogP contribution in [0.15, 0.2) is 18.2 Å². The highest BCUT2D eigenvalue weighted by atomic mass is 35.5. The van der Waals surface area contributed by atoms with Crippen LogP contribution < -0.4 is 14.8 Å². The molecule has 1 N–H and O–H groups in total. The largest absolute Gasteiger partial charge is 0.454 e. The molecule has 0 bridgehead atoms. The van der Waals surface area contributed by atoms with Crippen LogP contribution in [0.4, 0.5) is 0 Å². The van der Waals surface area contributed by atoms with Crippen molar-refractivity contribution in [3.05, 3.63) is 23.8 Å². The molecular formula is C11H12ClNO3. The molecule has 86 valence electrons. The maximum atomic E-state index is 11.1. The quantitative estimate of drug-likeness (QED) is 0.822. The summed E-state index contributed by atoms with van der Waals surface area (Å²) in [6.45, 7) is 2.14. The van der Waals surface area contributed by atoms with Gasteiger partial charge in [0.15, 0.2) is 11.5 Å². The molecule has 0 aliphatic carbocycles. The van der Waals surface area contributed by atoms with Gasteiger partial charge in [-0.2, -0.15) is 0 Å². The molecule has 1 heterocycles. The van der Waals surface area contributed by atoms with Gasteiger partial charge in [-0.25, -0.2) is 0 Å². The molecule has 0 aromatic heterocycles. The normalized spacial score (nSPS) is 14.6. The van der Waals surface area contributed by atoms with Crippen molar-refractivity contribution in [3.63, 3.8) is 0 Å². The predicted molar refractivity (Wildman–Crippen MR) is 59.8 cm³/mol. The van der Waals surface area contributed by atoms with Gasteiger partial charge in [-0.05, 0) is 24.6 Å². The number of hydrogen-bond donors (Lipinski definition) is 1. The topological polar surface area (TPSA) is 47.6 Å². The van der Waals surface area contributed by atoms with Gasteiger partial charge in [0.25, 0.3) is 0 Å². The molecule has 1 aliphatic rings. The average molecular weight is 242 g/mol. The van der Waals surface area contributed by atoms with Crippen molar-refractivity contribution >= 4 is 17.5 Å². The van der Waals surface area contributed by atoms with Gasteiger partial charge >= 0.3 is 0 Å². The molecule has 1 aliphatic heterocycles. The van der Waals surface area contributed by atoms with E-state index in [1.807, 2.05) is 25.1 Å². The van der Waals surface area contributed by atoms with Crippen LogP contribution in [0.2, 0.25) is 0 Å². The second kappa shape index (κ2) is 4.61. The molecule has 0 spiro atoms. The first-order chi connectivity index (χ1) is 7.70. The molecule has 4 nitrogen and oxygen atoms in total. The predicted octanol–water partition coefficient (Wildman–Crippen LogP) is 1.83. The number of ether oxygens (including phenoxy) is 2. The highest BCUT2D eigenvalue weighted by molar-refractivity contribution is 6.27. The first-order valence-corrected chi connectivity index (χ1v) is 5.49. The lowest BCUT2D eigenvalue weighted by Gasteiger charge is -2.13. The summed E-state index contributed by atoms with van der Waals surface area (Å²) in [6.07, 6.45) is 0. The lowest BCUT2D eigenvalue weighted by atomic mass is 10.1. The first-order valence-electron chi connectivity index (χ1n) is 4.95. The summed E-state index contributed by atoms with van der Waals surface area (Å²) >= 11 is 5.42. The van der Waals surface area contributed by atoms with Gasteiger partial charge in [0, 0.05) is 0 Å². The van der Waals surface area contributed by atoms with Crippen molar-refractivity contribution in [2.45, 2.75) is 13.0 Å². The fourth-order valence-corrected chi connectivity index (χ4v) is 1.62. The molecule has 1 atom stereocenters. The van der Waals surface area contributed by atoms with E-state index in [0.717, 1.165) is 11.3 Å². The van der Waals surface area contributed by atoms with E-state index in [-0.39, 0.29) is 24.6 Å². The molecular weight excluding hydrogens is 230 g/mol. The van der Waals surface area contributed by atoms with E-state index in [1.165, 1.54) is 0 Å². The summed E-state index contributed by atoms with van der Waals surface area (Å²) in [5.41, 5.74) is 0.961. The fourth-order valence-electron chi connectivity index (χ4n) is 1.55. The SMILES string of the molecule is C[C@@H](NC(=O)CCl)c1ccc2c(c1)OCO2. The molecule has 16 heavy (non-hydrogen) atoms. The Morgan fingerprint density at radius 3 is 3.00 bits per heavy atom. The highest BCUT2D eigenvalue weighted by Gasteiger charge is 2.16. The Balaban J connectivity index is 2.12. The lowest BCUT2D eigenvalue weighted by Crippen LogP contribution is -2.27. The van der Waals surface area contributed by atoms with Gasteiger partial charge in [0.05, 0.1) is 6.04 Å². The van der Waals surface area contributed by atoms with Crippen LogP contribution in [0.3, 0.4) is 0 Å². The molecule has 1 aromatic carbocycles. The van der Waals surface area contributed by atoms with E-state index in [9.17, 15) is 4.79 Å². The summed E-state index contributed by atoms with van der Waals surface area (Å²) in [6, 6.07) is 5.50. The van der Waals surface area contributed by atoms with Gasteiger partial charge in [0.2, 0.25) is 12.7 Å². The first kappa shape index (κ1) is 11.1. The minimum Gasteiger partial charge on any atom is -0.454 e. The smallest absolute Gasteiger partial charge is 0.235 e. The summed E-state index contributed by atoms with van der Waals surface area (Å²) in [5, 5.41) is 2.77. The van der Waals surface area contributed by atoms with Crippen molar-refractivity contribution in [2.75, 3.05) is 12.7 Å². The zero-order chi connectivity index (χ0) is 11.5. The van der Waals surface area contributed by atoms with Crippen LogP contribution in [0.5, 0.6) is 11.5 Å². The Morgan fingerprint density at radius 2 is 2.25 bits per heavy atom. The van der Waals surface area contributed by atoms with Crippen molar-refractivity contribution in [2.24, 2.45) is 0 Å². The summed E-state index contributed by atoms with van der Waals surface area (Å²) in [5.74, 6) is 1.23. The monoisotopic (exact) mass is 241 g/mol. The third-order valence-electron chi connectivity index (χ3n) is 2.40. The summed E-state index contributed by atoms with van der Waals surface area (Å²) < 4.78 is 10.5. The minimum absolute atomic E-state index is 0.0328. The van der Waals surface area contributed by atoms with Gasteiger partial charge in [-0.3, -0.25) is 4.79 Å². The Bertz CT molecular complexity index is 408. The third-order valence-corrected chi connectivity index (χ3v) is 2.64. The molecule has 0 unspecified atom stereocenters. The average Bonchev–Trinajstić information content (AvgIpc) is 2.75. The number of carbonyl (C=O) groups excluding carboxylic acids is 1. The fraction of sp³-hybridized carbons (Fsp3) is 0.364. The summed E-state index contributed by atoms with van der Waals surface area (Å²) in [4.78, 5) is 11.1. The molecule has 0 radical (unpaired) electrons. The van der Waals surface area contributed by atoms with E-state index in [2.05, 4.69) is 5.32 Å². The number of amides is 1. The maximum Gasteiger partial charge on any atom is 0.235 e. The zero-order valence-corrected chi connectivity index (χ0v) is 9.58. The van der Waals surface area contributed by atoms with Crippen LogP contribution in [-0.2, 0) is 4.79 Å². The Kier molecular flexibility index (Phi) is 3.19. The number of fused-ring (bicyclic) bond motifs is 1. The minimum atomic E-state index is -0.188. The van der Waals surface area contributed by atoms with Crippen LogP contribution in [0.25, 0.3) is 0 Å². The Morgan fingerprint density at radius 1 is 1.50 bits per heavy atom. The zero-order valence-electron chi connectivity index (χ0n) is 8.83. The van der Waals surface area contributed by atoms with Crippen LogP contribution in [0, 0.1) is 0 Å². The van der Waals surface area contributed by atoms with E-state index in [1.54, 1.807) is 0 Å². The lowest BCUT2D eigenvalue weighted by molar-refractivity contribution is -0.119. The maximum absolute atomic E-state index is 11.1. The number of nitrogens with one attached hydrogen (secondary N) is 1. The molecule has 5 heteroatoms. The van der Waals surface area contributed by atoms with E-state index in [4.69, 9.17) is 21.1 Å². The molecule has 0 fully saturated rings. The van der Waals surface area contributed by atoms with E-state index in [0.29, 0.717) is 5.75 Å². The highest BCUT2D eigenvalue weighted by Crippen LogP contribution is 2.34. The standard InChI is InChI=1S/C11H12ClNO3/c1-7(13-11(14)5-12)8-2-3-9-10(4-8)16-6-15-9/h2-4,7H,5-6H2,1H3,(H,13,14)/t7-/m1/s1.